The Morgan fingerprint density at radius 3 is 2.24 bits per heavy atom. The van der Waals surface area contributed by atoms with Gasteiger partial charge in [0.05, 0.1) is 12.2 Å². The van der Waals surface area contributed by atoms with Gasteiger partial charge in [0.25, 0.3) is 5.91 Å². The van der Waals surface area contributed by atoms with Crippen molar-refractivity contribution in [1.82, 2.24) is 9.78 Å². The van der Waals surface area contributed by atoms with E-state index in [0.717, 1.165) is 17.0 Å². The molecule has 6 heteroatoms. The molecule has 3 aromatic rings. The van der Waals surface area contributed by atoms with Gasteiger partial charge < -0.3 is 5.32 Å². The van der Waals surface area contributed by atoms with Crippen molar-refractivity contribution < 1.29 is 4.79 Å². The molecule has 0 aliphatic rings. The summed E-state index contributed by atoms with van der Waals surface area (Å²) in [4.78, 5) is 12.3. The fraction of sp³-hybridized carbons (Fsp3) is 0.158. The van der Waals surface area contributed by atoms with Crippen molar-refractivity contribution in [2.75, 3.05) is 5.32 Å². The summed E-state index contributed by atoms with van der Waals surface area (Å²) in [6.45, 7) is 4.67. The second kappa shape index (κ2) is 7.30. The predicted octanol–water partition coefficient (Wildman–Crippen LogP) is 5.11. The third-order valence-corrected chi connectivity index (χ3v) is 4.21. The fourth-order valence-corrected chi connectivity index (χ4v) is 3.12. The maximum absolute atomic E-state index is 12.3. The quantitative estimate of drug-likeness (QED) is 0.690. The largest absolute Gasteiger partial charge is 0.322 e. The molecule has 0 fully saturated rings. The molecule has 1 amide bonds. The number of nitrogens with one attached hydrogen (secondary N) is 1. The van der Waals surface area contributed by atoms with E-state index >= 15 is 0 Å². The van der Waals surface area contributed by atoms with Crippen LogP contribution in [-0.2, 0) is 6.54 Å². The van der Waals surface area contributed by atoms with Gasteiger partial charge in [-0.1, -0.05) is 35.3 Å². The third-order valence-electron chi connectivity index (χ3n) is 3.77. The summed E-state index contributed by atoms with van der Waals surface area (Å²) in [5, 5.41) is 8.19. The van der Waals surface area contributed by atoms with E-state index in [1.807, 2.05) is 36.7 Å². The molecule has 3 rings (SSSR count). The molecule has 2 aromatic carbocycles. The number of nitrogens with zero attached hydrogens (tertiary/aromatic N) is 2. The predicted molar refractivity (Wildman–Crippen MR) is 102 cm³/mol. The number of hydrogen-bond acceptors (Lipinski definition) is 2. The second-order valence-electron chi connectivity index (χ2n) is 5.89. The molecule has 25 heavy (non-hydrogen) atoms. The fourth-order valence-electron chi connectivity index (χ4n) is 2.60. The first-order valence-electron chi connectivity index (χ1n) is 7.78. The van der Waals surface area contributed by atoms with E-state index in [2.05, 4.69) is 10.4 Å². The Balaban J connectivity index is 1.71. The first kappa shape index (κ1) is 17.5. The van der Waals surface area contributed by atoms with Gasteiger partial charge in [0.1, 0.15) is 0 Å². The van der Waals surface area contributed by atoms with Crippen LogP contribution in [-0.4, -0.2) is 15.7 Å². The Bertz CT molecular complexity index is 897. The molecule has 0 bridgehead atoms. The first-order valence-corrected chi connectivity index (χ1v) is 8.54. The van der Waals surface area contributed by atoms with Crippen molar-refractivity contribution in [3.05, 3.63) is 81.1 Å². The number of aromatic nitrogens is 2. The van der Waals surface area contributed by atoms with Crippen molar-refractivity contribution in [3.63, 3.8) is 0 Å². The Morgan fingerprint density at radius 1 is 1.04 bits per heavy atom. The summed E-state index contributed by atoms with van der Waals surface area (Å²) in [5.74, 6) is -0.212. The topological polar surface area (TPSA) is 46.9 Å². The SMILES string of the molecule is Cc1cc(C)n(Cc2ccc(C(=O)Nc3cc(Cl)cc(Cl)c3)cc2)n1. The van der Waals surface area contributed by atoms with Gasteiger partial charge in [0, 0.05) is 27.0 Å². The summed E-state index contributed by atoms with van der Waals surface area (Å²) >= 11 is 11.9. The maximum atomic E-state index is 12.3. The summed E-state index contributed by atoms with van der Waals surface area (Å²) < 4.78 is 1.94. The molecule has 1 heterocycles. The third kappa shape index (κ3) is 4.41. The van der Waals surface area contributed by atoms with E-state index in [0.29, 0.717) is 27.8 Å². The number of carbonyl (C=O) groups is 1. The van der Waals surface area contributed by atoms with E-state index < -0.39 is 0 Å². The normalized spacial score (nSPS) is 10.7. The van der Waals surface area contributed by atoms with E-state index in [-0.39, 0.29) is 5.91 Å². The van der Waals surface area contributed by atoms with Crippen LogP contribution in [0.1, 0.15) is 27.3 Å². The highest BCUT2D eigenvalue weighted by molar-refractivity contribution is 6.35. The van der Waals surface area contributed by atoms with E-state index in [9.17, 15) is 4.79 Å². The highest BCUT2D eigenvalue weighted by atomic mass is 35.5. The minimum Gasteiger partial charge on any atom is -0.322 e. The lowest BCUT2D eigenvalue weighted by atomic mass is 10.1. The molecular formula is C19H17Cl2N3O. The lowest BCUT2D eigenvalue weighted by molar-refractivity contribution is 0.102. The van der Waals surface area contributed by atoms with Crippen molar-refractivity contribution in [3.8, 4) is 0 Å². The Morgan fingerprint density at radius 2 is 1.68 bits per heavy atom. The van der Waals surface area contributed by atoms with Gasteiger partial charge in [-0.05, 0) is 55.8 Å². The van der Waals surface area contributed by atoms with Crippen molar-refractivity contribution in [1.29, 1.82) is 0 Å². The van der Waals surface area contributed by atoms with Gasteiger partial charge in [-0.15, -0.1) is 0 Å². The molecule has 0 aliphatic carbocycles. The molecule has 0 radical (unpaired) electrons. The number of amides is 1. The molecule has 0 saturated heterocycles. The molecule has 1 N–H and O–H groups in total. The molecule has 0 unspecified atom stereocenters. The van der Waals surface area contributed by atoms with E-state index in [4.69, 9.17) is 23.2 Å². The number of halogens is 2. The first-order chi connectivity index (χ1) is 11.9. The standard InChI is InChI=1S/C19H17Cl2N3O/c1-12-7-13(2)24(23-12)11-14-3-5-15(6-4-14)19(25)22-18-9-16(20)8-17(21)10-18/h3-10H,11H2,1-2H3,(H,22,25). The van der Waals surface area contributed by atoms with Crippen LogP contribution in [0.25, 0.3) is 0 Å². The van der Waals surface area contributed by atoms with Gasteiger partial charge in [-0.25, -0.2) is 0 Å². The highest BCUT2D eigenvalue weighted by Gasteiger charge is 2.08. The Kier molecular flexibility index (Phi) is 5.11. The molecular weight excluding hydrogens is 357 g/mol. The average Bonchev–Trinajstić information content (AvgIpc) is 2.84. The van der Waals surface area contributed by atoms with Crippen LogP contribution in [0.5, 0.6) is 0 Å². The van der Waals surface area contributed by atoms with Crippen LogP contribution in [0.15, 0.2) is 48.5 Å². The number of carbonyl (C=O) groups excluding carboxylic acids is 1. The van der Waals surface area contributed by atoms with Crippen LogP contribution in [0.2, 0.25) is 10.0 Å². The smallest absolute Gasteiger partial charge is 0.255 e. The zero-order valence-corrected chi connectivity index (χ0v) is 15.4. The molecule has 128 valence electrons. The van der Waals surface area contributed by atoms with Crippen molar-refractivity contribution >= 4 is 34.8 Å². The summed E-state index contributed by atoms with van der Waals surface area (Å²) in [6.07, 6.45) is 0. The number of rotatable bonds is 4. The zero-order valence-electron chi connectivity index (χ0n) is 13.9. The lowest BCUT2D eigenvalue weighted by Crippen LogP contribution is -2.12. The van der Waals surface area contributed by atoms with E-state index in [1.54, 1.807) is 30.3 Å². The van der Waals surface area contributed by atoms with Crippen molar-refractivity contribution in [2.45, 2.75) is 20.4 Å². The molecule has 0 atom stereocenters. The molecule has 0 saturated carbocycles. The molecule has 4 nitrogen and oxygen atoms in total. The summed E-state index contributed by atoms with van der Waals surface area (Å²) in [5.41, 5.74) is 4.31. The minimum absolute atomic E-state index is 0.212. The van der Waals surface area contributed by atoms with Gasteiger partial charge in [-0.3, -0.25) is 9.48 Å². The zero-order chi connectivity index (χ0) is 18.0. The second-order valence-corrected chi connectivity index (χ2v) is 6.77. The van der Waals surface area contributed by atoms with Gasteiger partial charge in [0.15, 0.2) is 0 Å². The number of anilines is 1. The Labute approximate surface area is 156 Å². The van der Waals surface area contributed by atoms with E-state index in [1.165, 1.54) is 0 Å². The van der Waals surface area contributed by atoms with Crippen LogP contribution in [0, 0.1) is 13.8 Å². The lowest BCUT2D eigenvalue weighted by Gasteiger charge is -2.08. The monoisotopic (exact) mass is 373 g/mol. The number of aryl methyl sites for hydroxylation is 2. The van der Waals surface area contributed by atoms with Crippen LogP contribution < -0.4 is 5.32 Å². The van der Waals surface area contributed by atoms with Crippen molar-refractivity contribution in [2.24, 2.45) is 0 Å². The Hall–Kier alpha value is -2.30. The molecule has 1 aromatic heterocycles. The minimum atomic E-state index is -0.212. The molecule has 0 spiro atoms. The molecule has 0 aliphatic heterocycles. The van der Waals surface area contributed by atoms with Gasteiger partial charge in [-0.2, -0.15) is 5.10 Å². The average molecular weight is 374 g/mol. The number of benzene rings is 2. The van der Waals surface area contributed by atoms with Gasteiger partial charge >= 0.3 is 0 Å². The number of hydrogen-bond donors (Lipinski definition) is 1. The highest BCUT2D eigenvalue weighted by Crippen LogP contribution is 2.23. The van der Waals surface area contributed by atoms with Crippen LogP contribution in [0.3, 0.4) is 0 Å². The summed E-state index contributed by atoms with van der Waals surface area (Å²) in [6, 6.07) is 14.4. The van der Waals surface area contributed by atoms with Crippen LogP contribution >= 0.6 is 23.2 Å². The maximum Gasteiger partial charge on any atom is 0.255 e. The summed E-state index contributed by atoms with van der Waals surface area (Å²) in [7, 11) is 0. The van der Waals surface area contributed by atoms with Crippen LogP contribution in [0.4, 0.5) is 5.69 Å². The van der Waals surface area contributed by atoms with Gasteiger partial charge in [0.2, 0.25) is 0 Å².